The molecule has 0 spiro atoms. The summed E-state index contributed by atoms with van der Waals surface area (Å²) in [4.78, 5) is 38.7. The number of carbonyl (C=O) groups excluding carboxylic acids is 2. The summed E-state index contributed by atoms with van der Waals surface area (Å²) in [5.41, 5.74) is 1.18. The number of esters is 1. The average Bonchev–Trinajstić information content (AvgIpc) is 4.00. The molecule has 2 aliphatic carbocycles. The van der Waals surface area contributed by atoms with Crippen molar-refractivity contribution < 1.29 is 45.1 Å². The smallest absolute Gasteiger partial charge is 0.394 e. The lowest BCUT2D eigenvalue weighted by atomic mass is 9.74. The highest BCUT2D eigenvalue weighted by Crippen LogP contribution is 2.54. The Labute approximate surface area is 319 Å². The van der Waals surface area contributed by atoms with Crippen LogP contribution < -0.4 is 5.73 Å². The van der Waals surface area contributed by atoms with Crippen molar-refractivity contribution in [2.45, 2.75) is 89.1 Å². The number of aromatic nitrogens is 6. The van der Waals surface area contributed by atoms with Gasteiger partial charge in [0, 0.05) is 16.5 Å². The minimum Gasteiger partial charge on any atom is -0.463 e. The van der Waals surface area contributed by atoms with E-state index in [-0.39, 0.29) is 51.1 Å². The molecule has 2 atom stereocenters. The Bertz CT molecular complexity index is 2160. The second-order valence-electron chi connectivity index (χ2n) is 15.0. The van der Waals surface area contributed by atoms with E-state index in [0.29, 0.717) is 11.3 Å². The van der Waals surface area contributed by atoms with E-state index in [1.165, 1.54) is 30.3 Å². The number of benzene rings is 2. The number of aliphatic imine (C=N–C) groups is 1. The van der Waals surface area contributed by atoms with Crippen LogP contribution in [-0.2, 0) is 19.9 Å². The van der Waals surface area contributed by atoms with Crippen LogP contribution in [0.1, 0.15) is 82.1 Å². The van der Waals surface area contributed by atoms with Gasteiger partial charge in [-0.3, -0.25) is 14.5 Å². The monoisotopic (exact) mass is 809 g/mol. The van der Waals surface area contributed by atoms with E-state index in [0.717, 1.165) is 37.9 Å². The molecule has 2 saturated carbocycles. The SMILES string of the molecule is CC(C)(C[C@]1(c2ccc(-c3cnn(C4CC4)n3)cc2)N=C(N)N([C@H](COC(=O)CC2(C(F)F)CC2)c2ccc(Cl)c(-c3ncnn3C(F)F)c2)C1=O)C(F)(F)F. The third-order valence-corrected chi connectivity index (χ3v) is 10.9. The molecule has 7 rings (SSSR count). The summed E-state index contributed by atoms with van der Waals surface area (Å²) in [5.74, 6) is -2.98. The molecule has 2 aromatic heterocycles. The van der Waals surface area contributed by atoms with Crippen molar-refractivity contribution in [1.82, 2.24) is 34.7 Å². The normalized spacial score (nSPS) is 20.2. The average molecular weight is 810 g/mol. The molecule has 3 heterocycles. The Balaban J connectivity index is 1.29. The fourth-order valence-corrected chi connectivity index (χ4v) is 7.03. The first-order valence-corrected chi connectivity index (χ1v) is 17.9. The first-order chi connectivity index (χ1) is 26.4. The zero-order chi connectivity index (χ0) is 40.4. The lowest BCUT2D eigenvalue weighted by Gasteiger charge is -2.37. The van der Waals surface area contributed by atoms with E-state index in [9.17, 15) is 40.3 Å². The number of nitrogens with zero attached hydrogens (tertiary/aromatic N) is 8. The topological polar surface area (TPSA) is 146 Å². The highest BCUT2D eigenvalue weighted by atomic mass is 35.5. The molecule has 56 heavy (non-hydrogen) atoms. The van der Waals surface area contributed by atoms with Gasteiger partial charge >= 0.3 is 18.7 Å². The van der Waals surface area contributed by atoms with Crippen LogP contribution in [0, 0.1) is 10.8 Å². The van der Waals surface area contributed by atoms with Crippen LogP contribution in [0.25, 0.3) is 22.6 Å². The first-order valence-electron chi connectivity index (χ1n) is 17.6. The van der Waals surface area contributed by atoms with Crippen LogP contribution in [0.2, 0.25) is 5.02 Å². The molecule has 298 valence electrons. The van der Waals surface area contributed by atoms with E-state index < -0.39 is 78.8 Å². The zero-order valence-corrected chi connectivity index (χ0v) is 30.6. The number of carbonyl (C=O) groups is 2. The molecule has 0 saturated heterocycles. The van der Waals surface area contributed by atoms with E-state index in [1.54, 1.807) is 23.1 Å². The zero-order valence-electron chi connectivity index (χ0n) is 29.9. The lowest BCUT2D eigenvalue weighted by molar-refractivity contribution is -0.218. The van der Waals surface area contributed by atoms with Crippen LogP contribution >= 0.6 is 11.6 Å². The van der Waals surface area contributed by atoms with Gasteiger partial charge in [-0.2, -0.15) is 46.7 Å². The number of halogens is 8. The molecule has 0 unspecified atom stereocenters. The van der Waals surface area contributed by atoms with Crippen LogP contribution in [-0.4, -0.2) is 71.7 Å². The van der Waals surface area contributed by atoms with Crippen molar-refractivity contribution in [2.24, 2.45) is 21.6 Å². The maximum atomic E-state index is 14.9. The summed E-state index contributed by atoms with van der Waals surface area (Å²) in [6.45, 7) is -2.04. The van der Waals surface area contributed by atoms with E-state index in [2.05, 4.69) is 25.3 Å². The number of hydrogen-bond donors (Lipinski definition) is 1. The summed E-state index contributed by atoms with van der Waals surface area (Å²) in [6.07, 6.45) is -4.68. The molecule has 0 bridgehead atoms. The predicted octanol–water partition coefficient (Wildman–Crippen LogP) is 7.64. The van der Waals surface area contributed by atoms with Gasteiger partial charge in [0.15, 0.2) is 17.3 Å². The van der Waals surface area contributed by atoms with Gasteiger partial charge in [-0.05, 0) is 55.4 Å². The van der Waals surface area contributed by atoms with Gasteiger partial charge in [-0.15, -0.1) is 0 Å². The van der Waals surface area contributed by atoms with E-state index in [1.807, 2.05) is 0 Å². The van der Waals surface area contributed by atoms with Gasteiger partial charge < -0.3 is 10.5 Å². The number of rotatable bonds is 14. The third-order valence-electron chi connectivity index (χ3n) is 10.6. The second-order valence-corrected chi connectivity index (χ2v) is 15.4. The summed E-state index contributed by atoms with van der Waals surface area (Å²) < 4.78 is 105. The third kappa shape index (κ3) is 7.20. The minimum atomic E-state index is -4.82. The standard InChI is InChI=1S/C36H35ClF7N9O3/c1-33(2,36(42,43)44)17-35(21-6-3-19(4-7-21)25-15-47-53(50-25)22-8-9-22)30(55)51(32(45)49-35)26(16-56-27(54)14-34(11-12-34)29(38)39)20-5-10-24(37)23(13-20)28-46-18-48-52(28)31(40)41/h3-7,10,13,15,18,22,26,29,31H,8-9,11-12,14,16-17H2,1-2H3,(H2,45,49)/t26-,35-/m1/s1. The first kappa shape index (κ1) is 39.2. The number of amides is 1. The second kappa shape index (κ2) is 14.1. The van der Waals surface area contributed by atoms with Crippen molar-refractivity contribution in [2.75, 3.05) is 6.61 Å². The fourth-order valence-electron chi connectivity index (χ4n) is 6.82. The fraction of sp³-hybridized carbons (Fsp3) is 0.472. The Morgan fingerprint density at radius 2 is 1.75 bits per heavy atom. The van der Waals surface area contributed by atoms with Gasteiger partial charge in [0.2, 0.25) is 6.43 Å². The largest absolute Gasteiger partial charge is 0.463 e. The summed E-state index contributed by atoms with van der Waals surface area (Å²) in [7, 11) is 0. The van der Waals surface area contributed by atoms with Crippen molar-refractivity contribution in [3.63, 3.8) is 0 Å². The molecule has 4 aromatic rings. The summed E-state index contributed by atoms with van der Waals surface area (Å²) in [5, 5.41) is 12.2. The van der Waals surface area contributed by atoms with E-state index in [4.69, 9.17) is 22.1 Å². The Hall–Kier alpha value is -5.07. The van der Waals surface area contributed by atoms with Crippen LogP contribution in [0.15, 0.2) is 60.0 Å². The maximum Gasteiger partial charge on any atom is 0.394 e. The molecule has 2 aromatic carbocycles. The highest BCUT2D eigenvalue weighted by molar-refractivity contribution is 6.33. The number of alkyl halides is 7. The minimum absolute atomic E-state index is 0.0498. The van der Waals surface area contributed by atoms with Crippen LogP contribution in [0.3, 0.4) is 0 Å². The molecule has 12 nitrogen and oxygen atoms in total. The van der Waals surface area contributed by atoms with Crippen molar-refractivity contribution in [3.8, 4) is 22.6 Å². The van der Waals surface area contributed by atoms with Gasteiger partial charge in [-0.1, -0.05) is 55.8 Å². The number of guanidine groups is 1. The Morgan fingerprint density at radius 1 is 1.05 bits per heavy atom. The Kier molecular flexibility index (Phi) is 9.90. The number of ether oxygens (including phenoxy) is 1. The molecule has 1 amide bonds. The summed E-state index contributed by atoms with van der Waals surface area (Å²) >= 11 is 6.41. The van der Waals surface area contributed by atoms with Crippen molar-refractivity contribution in [1.29, 1.82) is 0 Å². The number of hydrogen-bond acceptors (Lipinski definition) is 9. The maximum absolute atomic E-state index is 14.9. The van der Waals surface area contributed by atoms with Crippen LogP contribution in [0.5, 0.6) is 0 Å². The Morgan fingerprint density at radius 3 is 2.36 bits per heavy atom. The molecular weight excluding hydrogens is 775 g/mol. The van der Waals surface area contributed by atoms with Gasteiger partial charge in [0.05, 0.1) is 35.1 Å². The molecule has 20 heteroatoms. The molecule has 2 fully saturated rings. The van der Waals surface area contributed by atoms with Gasteiger partial charge in [-0.25, -0.2) is 18.8 Å². The molecule has 3 aliphatic rings. The van der Waals surface area contributed by atoms with E-state index >= 15 is 0 Å². The molecule has 0 radical (unpaired) electrons. The molecular formula is C36H35ClF7N9O3. The van der Waals surface area contributed by atoms with Crippen molar-refractivity contribution in [3.05, 3.63) is 71.1 Å². The van der Waals surface area contributed by atoms with Crippen molar-refractivity contribution >= 4 is 29.4 Å². The quantitative estimate of drug-likeness (QED) is 0.101. The highest BCUT2D eigenvalue weighted by Gasteiger charge is 2.59. The van der Waals surface area contributed by atoms with Crippen LogP contribution in [0.4, 0.5) is 30.7 Å². The molecule has 2 N–H and O–H groups in total. The lowest BCUT2D eigenvalue weighted by Crippen LogP contribution is -2.49. The summed E-state index contributed by atoms with van der Waals surface area (Å²) in [6, 6.07) is 8.66. The predicted molar refractivity (Wildman–Crippen MR) is 186 cm³/mol. The molecule has 1 aliphatic heterocycles. The van der Waals surface area contributed by atoms with Gasteiger partial charge in [0.25, 0.3) is 5.91 Å². The van der Waals surface area contributed by atoms with Gasteiger partial charge in [0.1, 0.15) is 18.6 Å². The number of nitrogens with two attached hydrogens (primary N) is 1.